The summed E-state index contributed by atoms with van der Waals surface area (Å²) >= 11 is 1.26. The second kappa shape index (κ2) is 7.39. The van der Waals surface area contributed by atoms with Crippen LogP contribution in [0.25, 0.3) is 0 Å². The normalized spacial score (nSPS) is 10.1. The molecule has 0 unspecified atom stereocenters. The van der Waals surface area contributed by atoms with Gasteiger partial charge in [0.1, 0.15) is 6.61 Å². The Morgan fingerprint density at radius 3 is 2.71 bits per heavy atom. The van der Waals surface area contributed by atoms with E-state index in [0.717, 1.165) is 5.56 Å². The number of nitrogens with one attached hydrogen (secondary N) is 1. The number of carbonyl (C=O) groups excluding carboxylic acids is 1. The van der Waals surface area contributed by atoms with Crippen LogP contribution in [0.2, 0.25) is 0 Å². The quantitative estimate of drug-likeness (QED) is 0.855. The molecule has 0 aliphatic heterocycles. The van der Waals surface area contributed by atoms with E-state index in [1.54, 1.807) is 0 Å². The molecule has 0 fully saturated rings. The first-order chi connectivity index (χ1) is 10.1. The van der Waals surface area contributed by atoms with E-state index >= 15 is 0 Å². The van der Waals surface area contributed by atoms with E-state index in [2.05, 4.69) is 10.3 Å². The Morgan fingerprint density at radius 1 is 1.29 bits per heavy atom. The Bertz CT molecular complexity index is 612. The van der Waals surface area contributed by atoms with Crippen molar-refractivity contribution in [3.63, 3.8) is 0 Å². The van der Waals surface area contributed by atoms with Gasteiger partial charge in [-0.1, -0.05) is 30.3 Å². The van der Waals surface area contributed by atoms with Gasteiger partial charge >= 0.3 is 12.1 Å². The third kappa shape index (κ3) is 4.88. The molecule has 1 aromatic heterocycles. The number of ether oxygens (including phenoxy) is 1. The molecule has 0 saturated heterocycles. The molecule has 110 valence electrons. The number of carboxylic acid groups (broad SMARTS) is 1. The molecule has 0 radical (unpaired) electrons. The fourth-order valence-electron chi connectivity index (χ4n) is 1.57. The van der Waals surface area contributed by atoms with Gasteiger partial charge in [-0.2, -0.15) is 0 Å². The number of rotatable bonds is 6. The first kappa shape index (κ1) is 15.0. The van der Waals surface area contributed by atoms with Crippen LogP contribution in [0, 0.1) is 0 Å². The molecule has 0 atom stereocenters. The average Bonchev–Trinajstić information content (AvgIpc) is 2.95. The lowest BCUT2D eigenvalue weighted by Crippen LogP contribution is -2.26. The first-order valence-corrected chi connectivity index (χ1v) is 7.15. The highest BCUT2D eigenvalue weighted by Crippen LogP contribution is 2.09. The number of carboxylic acids is 1. The number of carbonyl (C=O) groups is 2. The monoisotopic (exact) mass is 306 g/mol. The highest BCUT2D eigenvalue weighted by Gasteiger charge is 2.09. The molecule has 2 rings (SSSR count). The van der Waals surface area contributed by atoms with Gasteiger partial charge < -0.3 is 15.2 Å². The number of hydrogen-bond donors (Lipinski definition) is 2. The minimum atomic E-state index is -1.05. The summed E-state index contributed by atoms with van der Waals surface area (Å²) in [6.07, 6.45) is -0.0351. The van der Waals surface area contributed by atoms with Gasteiger partial charge in [0.2, 0.25) is 0 Å². The molecule has 1 amide bonds. The third-order valence-electron chi connectivity index (χ3n) is 2.59. The van der Waals surface area contributed by atoms with Crippen molar-refractivity contribution in [2.75, 3.05) is 6.54 Å². The van der Waals surface area contributed by atoms with Crippen LogP contribution in [0.5, 0.6) is 0 Å². The van der Waals surface area contributed by atoms with Gasteiger partial charge in [-0.15, -0.1) is 11.3 Å². The van der Waals surface area contributed by atoms with E-state index in [9.17, 15) is 9.59 Å². The molecular weight excluding hydrogens is 292 g/mol. The fraction of sp³-hybridized carbons (Fsp3) is 0.214. The lowest BCUT2D eigenvalue weighted by Gasteiger charge is -2.06. The average molecular weight is 306 g/mol. The number of alkyl carbamates (subject to hydrolysis) is 1. The predicted octanol–water partition coefficient (Wildman–Crippen LogP) is 2.31. The summed E-state index contributed by atoms with van der Waals surface area (Å²) in [5.74, 6) is -1.05. The highest BCUT2D eigenvalue weighted by molar-refractivity contribution is 7.09. The number of aromatic nitrogens is 1. The van der Waals surface area contributed by atoms with Gasteiger partial charge in [0, 0.05) is 18.3 Å². The largest absolute Gasteiger partial charge is 0.476 e. The van der Waals surface area contributed by atoms with Crippen molar-refractivity contribution in [2.45, 2.75) is 13.0 Å². The molecule has 6 nitrogen and oxygen atoms in total. The van der Waals surface area contributed by atoms with Gasteiger partial charge in [-0.05, 0) is 5.56 Å². The number of thiazole rings is 1. The fourth-order valence-corrected chi connectivity index (χ4v) is 2.34. The smallest absolute Gasteiger partial charge is 0.407 e. The zero-order valence-corrected chi connectivity index (χ0v) is 11.9. The van der Waals surface area contributed by atoms with Crippen molar-refractivity contribution in [3.8, 4) is 0 Å². The minimum absolute atomic E-state index is 0.0293. The van der Waals surface area contributed by atoms with Crippen LogP contribution >= 0.6 is 11.3 Å². The molecular formula is C14H14N2O4S. The van der Waals surface area contributed by atoms with Gasteiger partial charge in [0.15, 0.2) is 5.69 Å². The SMILES string of the molecule is O=C(NCCc1nc(C(=O)O)cs1)OCc1ccccc1. The number of benzene rings is 1. The maximum Gasteiger partial charge on any atom is 0.407 e. The number of amides is 1. The minimum Gasteiger partial charge on any atom is -0.476 e. The second-order valence-electron chi connectivity index (χ2n) is 4.17. The number of nitrogens with zero attached hydrogens (tertiary/aromatic N) is 1. The van der Waals surface area contributed by atoms with E-state index in [1.165, 1.54) is 16.7 Å². The van der Waals surface area contributed by atoms with E-state index in [1.807, 2.05) is 30.3 Å². The standard InChI is InChI=1S/C14H14N2O4S/c17-13(18)11-9-21-12(16-11)6-7-15-14(19)20-8-10-4-2-1-3-5-10/h1-5,9H,6-8H2,(H,15,19)(H,17,18). The maximum absolute atomic E-state index is 11.5. The Hall–Kier alpha value is -2.41. The molecule has 2 N–H and O–H groups in total. The zero-order chi connectivity index (χ0) is 15.1. The molecule has 0 aliphatic carbocycles. The topological polar surface area (TPSA) is 88.5 Å². The van der Waals surface area contributed by atoms with E-state index in [4.69, 9.17) is 9.84 Å². The molecule has 0 saturated carbocycles. The molecule has 2 aromatic rings. The number of hydrogen-bond acceptors (Lipinski definition) is 5. The van der Waals surface area contributed by atoms with Crippen molar-refractivity contribution < 1.29 is 19.4 Å². The summed E-state index contributed by atoms with van der Waals surface area (Å²) < 4.78 is 5.05. The second-order valence-corrected chi connectivity index (χ2v) is 5.11. The van der Waals surface area contributed by atoms with Gasteiger partial charge in [-0.3, -0.25) is 0 Å². The van der Waals surface area contributed by atoms with Crippen LogP contribution in [0.4, 0.5) is 4.79 Å². The van der Waals surface area contributed by atoms with Crippen molar-refractivity contribution in [1.29, 1.82) is 0 Å². The Morgan fingerprint density at radius 2 is 2.05 bits per heavy atom. The highest BCUT2D eigenvalue weighted by atomic mass is 32.1. The van der Waals surface area contributed by atoms with Crippen molar-refractivity contribution in [2.24, 2.45) is 0 Å². The molecule has 0 spiro atoms. The van der Waals surface area contributed by atoms with Crippen molar-refractivity contribution >= 4 is 23.4 Å². The lowest BCUT2D eigenvalue weighted by molar-refractivity contribution is 0.0691. The summed E-state index contributed by atoms with van der Waals surface area (Å²) in [5.41, 5.74) is 0.945. The van der Waals surface area contributed by atoms with E-state index < -0.39 is 12.1 Å². The maximum atomic E-state index is 11.5. The van der Waals surface area contributed by atoms with Crippen molar-refractivity contribution in [1.82, 2.24) is 10.3 Å². The summed E-state index contributed by atoms with van der Waals surface area (Å²) in [4.78, 5) is 26.1. The van der Waals surface area contributed by atoms with E-state index in [-0.39, 0.29) is 12.3 Å². The predicted molar refractivity (Wildman–Crippen MR) is 77.4 cm³/mol. The summed E-state index contributed by atoms with van der Waals surface area (Å²) in [6.45, 7) is 0.563. The Kier molecular flexibility index (Phi) is 5.28. The molecule has 0 bridgehead atoms. The van der Waals surface area contributed by atoms with Crippen LogP contribution < -0.4 is 5.32 Å². The van der Waals surface area contributed by atoms with Crippen LogP contribution in [-0.2, 0) is 17.8 Å². The lowest BCUT2D eigenvalue weighted by atomic mass is 10.2. The van der Waals surface area contributed by atoms with Crippen molar-refractivity contribution in [3.05, 3.63) is 52.0 Å². The molecule has 7 heteroatoms. The summed E-state index contributed by atoms with van der Waals surface area (Å²) in [6, 6.07) is 9.38. The van der Waals surface area contributed by atoms with Crippen LogP contribution in [-0.4, -0.2) is 28.7 Å². The third-order valence-corrected chi connectivity index (χ3v) is 3.50. The number of aromatic carboxylic acids is 1. The van der Waals surface area contributed by atoms with Gasteiger partial charge in [0.25, 0.3) is 0 Å². The summed E-state index contributed by atoms with van der Waals surface area (Å²) in [5, 5.41) is 13.5. The van der Waals surface area contributed by atoms with Crippen LogP contribution in [0.1, 0.15) is 21.1 Å². The Labute approximate surface area is 125 Å². The van der Waals surface area contributed by atoms with Crippen LogP contribution in [0.15, 0.2) is 35.7 Å². The summed E-state index contributed by atoms with van der Waals surface area (Å²) in [7, 11) is 0. The van der Waals surface area contributed by atoms with Crippen LogP contribution in [0.3, 0.4) is 0 Å². The van der Waals surface area contributed by atoms with Gasteiger partial charge in [0.05, 0.1) is 5.01 Å². The first-order valence-electron chi connectivity index (χ1n) is 6.27. The van der Waals surface area contributed by atoms with Gasteiger partial charge in [-0.25, -0.2) is 14.6 Å². The molecule has 1 aromatic carbocycles. The molecule has 1 heterocycles. The zero-order valence-electron chi connectivity index (χ0n) is 11.1. The van der Waals surface area contributed by atoms with E-state index in [0.29, 0.717) is 18.0 Å². The molecule has 0 aliphatic rings. The molecule has 21 heavy (non-hydrogen) atoms. The Balaban J connectivity index is 1.68.